The summed E-state index contributed by atoms with van der Waals surface area (Å²) in [4.78, 5) is 0. The number of hydrogen-bond acceptors (Lipinski definition) is 2. The van der Waals surface area contributed by atoms with Gasteiger partial charge in [-0.1, -0.05) is 129 Å². The number of rotatable bonds is 6. The fourth-order valence-corrected chi connectivity index (χ4v) is 5.06. The van der Waals surface area contributed by atoms with Crippen molar-refractivity contribution < 1.29 is 8.78 Å². The van der Waals surface area contributed by atoms with Crippen LogP contribution in [0.15, 0.2) is 66.9 Å². The molecule has 3 atom stereocenters. The van der Waals surface area contributed by atoms with Crippen LogP contribution in [-0.2, 0) is 6.42 Å². The average molecular weight is 613 g/mol. The Morgan fingerprint density at radius 1 is 0.930 bits per heavy atom. The zero-order chi connectivity index (χ0) is 32.9. The molecule has 5 heteroatoms. The molecule has 0 bridgehead atoms. The molecule has 0 aromatic heterocycles. The summed E-state index contributed by atoms with van der Waals surface area (Å²) in [5, 5.41) is 6.99. The van der Waals surface area contributed by atoms with E-state index in [0.29, 0.717) is 28.8 Å². The van der Waals surface area contributed by atoms with Gasteiger partial charge in [0.1, 0.15) is 11.6 Å². The largest absolute Gasteiger partial charge is 0.358 e. The van der Waals surface area contributed by atoms with E-state index in [1.807, 2.05) is 46.8 Å². The van der Waals surface area contributed by atoms with Gasteiger partial charge in [-0.05, 0) is 66.1 Å². The van der Waals surface area contributed by atoms with Crippen LogP contribution in [0, 0.1) is 30.9 Å². The molecule has 0 saturated carbocycles. The van der Waals surface area contributed by atoms with Crippen LogP contribution >= 0.6 is 11.6 Å². The summed E-state index contributed by atoms with van der Waals surface area (Å²) in [5.74, 6) is -1.39. The van der Waals surface area contributed by atoms with E-state index in [1.54, 1.807) is 18.2 Å². The predicted octanol–water partition coefficient (Wildman–Crippen LogP) is 11.8. The molecule has 0 aliphatic carbocycles. The number of aryl methyl sites for hydroxylation is 3. The van der Waals surface area contributed by atoms with Crippen LogP contribution < -0.4 is 10.6 Å². The summed E-state index contributed by atoms with van der Waals surface area (Å²) in [6.07, 6.45) is 2.14. The Bertz CT molecular complexity index is 1300. The molecule has 0 spiro atoms. The molecule has 2 nitrogen and oxygen atoms in total. The van der Waals surface area contributed by atoms with E-state index >= 15 is 4.39 Å². The molecule has 0 radical (unpaired) electrons. The molecule has 4 rings (SSSR count). The molecule has 1 aliphatic rings. The monoisotopic (exact) mass is 612 g/mol. The van der Waals surface area contributed by atoms with Crippen molar-refractivity contribution in [2.45, 2.75) is 107 Å². The third-order valence-corrected chi connectivity index (χ3v) is 7.91. The summed E-state index contributed by atoms with van der Waals surface area (Å²) in [6, 6.07) is 16.2. The molecule has 2 N–H and O–H groups in total. The number of hydrogen-bond donors (Lipinski definition) is 2. The van der Waals surface area contributed by atoms with Crippen LogP contribution in [0.1, 0.15) is 108 Å². The van der Waals surface area contributed by atoms with Gasteiger partial charge in [0, 0.05) is 29.8 Å². The Labute approximate surface area is 266 Å². The second-order valence-corrected chi connectivity index (χ2v) is 12.2. The first-order valence-electron chi connectivity index (χ1n) is 15.8. The van der Waals surface area contributed by atoms with Gasteiger partial charge in [0.25, 0.3) is 0 Å². The third kappa shape index (κ3) is 10.8. The maximum atomic E-state index is 15.2. The molecule has 1 heterocycles. The highest BCUT2D eigenvalue weighted by Crippen LogP contribution is 2.44. The van der Waals surface area contributed by atoms with E-state index in [1.165, 1.54) is 29.7 Å². The molecule has 1 fully saturated rings. The number of benzene rings is 3. The number of halogens is 3. The summed E-state index contributed by atoms with van der Waals surface area (Å²) >= 11 is 6.14. The molecular formula is C38H55ClF2N2. The van der Waals surface area contributed by atoms with Gasteiger partial charge in [-0.15, -0.1) is 0 Å². The van der Waals surface area contributed by atoms with Crippen LogP contribution in [0.25, 0.3) is 0 Å². The molecule has 3 aromatic carbocycles. The van der Waals surface area contributed by atoms with Crippen molar-refractivity contribution in [3.63, 3.8) is 0 Å². The van der Waals surface area contributed by atoms with Gasteiger partial charge in [0.15, 0.2) is 0 Å². The third-order valence-electron chi connectivity index (χ3n) is 7.62. The second kappa shape index (κ2) is 18.2. The highest BCUT2D eigenvalue weighted by atomic mass is 35.5. The minimum Gasteiger partial charge on any atom is -0.358 e. The molecule has 2 unspecified atom stereocenters. The van der Waals surface area contributed by atoms with E-state index in [2.05, 4.69) is 70.9 Å². The second-order valence-electron chi connectivity index (χ2n) is 11.8. The highest BCUT2D eigenvalue weighted by molar-refractivity contribution is 6.30. The van der Waals surface area contributed by atoms with Gasteiger partial charge in [-0.3, -0.25) is 0 Å². The standard InChI is InChI=1S/C28H29ClF2N2.C6H14.2C2H6/c1-5-19-13-16(2)10-12-25(19)33-18(4)28-26(21-7-6-8-23(29)27(21)31)22(15-32-28)20-11-9-17(3)14-24(20)30;1-5-6(2,3)4;2*1-2/h6-14,22,26,28,32-33H,4-5,15H2,1-3H3;5H2,1-4H3;2*1-2H3/t22?,26-,28?;;;/m1.../s1. The molecule has 238 valence electrons. The van der Waals surface area contributed by atoms with Crippen LogP contribution in [0.3, 0.4) is 0 Å². The van der Waals surface area contributed by atoms with Crippen molar-refractivity contribution >= 4 is 17.3 Å². The van der Waals surface area contributed by atoms with Crippen molar-refractivity contribution in [2.24, 2.45) is 5.41 Å². The minimum absolute atomic E-state index is 0.0617. The first-order chi connectivity index (χ1) is 20.4. The summed E-state index contributed by atoms with van der Waals surface area (Å²) in [6.45, 7) is 27.8. The first kappa shape index (κ1) is 38.3. The Balaban J connectivity index is 0.000000814. The van der Waals surface area contributed by atoms with Crippen LogP contribution in [0.4, 0.5) is 14.5 Å². The van der Waals surface area contributed by atoms with Gasteiger partial charge >= 0.3 is 0 Å². The van der Waals surface area contributed by atoms with Crippen LogP contribution in [-0.4, -0.2) is 12.6 Å². The number of anilines is 1. The zero-order valence-corrected chi connectivity index (χ0v) is 29.1. The summed E-state index contributed by atoms with van der Waals surface area (Å²) < 4.78 is 30.2. The van der Waals surface area contributed by atoms with Gasteiger partial charge in [0.2, 0.25) is 0 Å². The molecule has 1 aliphatic heterocycles. The van der Waals surface area contributed by atoms with Crippen LogP contribution in [0.5, 0.6) is 0 Å². The van der Waals surface area contributed by atoms with Crippen molar-refractivity contribution in [3.8, 4) is 0 Å². The normalized spacial score (nSPS) is 17.4. The Morgan fingerprint density at radius 2 is 1.51 bits per heavy atom. The SMILES string of the molecule is C=C(Nc1ccc(C)cc1CC)C1NCC(c2ccc(C)cc2F)[C@H]1c1cccc(Cl)c1F.CC.CC.CCC(C)(C)C. The Kier molecular flexibility index (Phi) is 16.2. The topological polar surface area (TPSA) is 24.1 Å². The maximum absolute atomic E-state index is 15.2. The van der Waals surface area contributed by atoms with Crippen molar-refractivity contribution in [2.75, 3.05) is 11.9 Å². The maximum Gasteiger partial charge on any atom is 0.145 e. The van der Waals surface area contributed by atoms with E-state index in [-0.39, 0.29) is 28.7 Å². The van der Waals surface area contributed by atoms with Crippen molar-refractivity contribution in [3.05, 3.63) is 111 Å². The summed E-state index contributed by atoms with van der Waals surface area (Å²) in [5.41, 5.74) is 6.49. The fourth-order valence-electron chi connectivity index (χ4n) is 4.88. The summed E-state index contributed by atoms with van der Waals surface area (Å²) in [7, 11) is 0. The lowest BCUT2D eigenvalue weighted by molar-refractivity contribution is 0.398. The highest BCUT2D eigenvalue weighted by Gasteiger charge is 2.42. The molecule has 43 heavy (non-hydrogen) atoms. The van der Waals surface area contributed by atoms with E-state index in [0.717, 1.165) is 17.7 Å². The first-order valence-corrected chi connectivity index (χ1v) is 16.2. The van der Waals surface area contributed by atoms with Gasteiger partial charge in [0.05, 0.1) is 11.1 Å². The lowest BCUT2D eigenvalue weighted by Gasteiger charge is -2.28. The van der Waals surface area contributed by atoms with E-state index in [9.17, 15) is 4.39 Å². The van der Waals surface area contributed by atoms with Crippen molar-refractivity contribution in [1.82, 2.24) is 5.32 Å². The fraction of sp³-hybridized carbons (Fsp3) is 0.474. The zero-order valence-electron chi connectivity index (χ0n) is 28.4. The van der Waals surface area contributed by atoms with Crippen molar-refractivity contribution in [1.29, 1.82) is 0 Å². The van der Waals surface area contributed by atoms with E-state index < -0.39 is 5.82 Å². The molecule has 0 amide bonds. The number of nitrogens with one attached hydrogen (secondary N) is 2. The Hall–Kier alpha value is -2.69. The van der Waals surface area contributed by atoms with Crippen LogP contribution in [0.2, 0.25) is 5.02 Å². The molecule has 1 saturated heterocycles. The average Bonchev–Trinajstić information content (AvgIpc) is 3.42. The smallest absolute Gasteiger partial charge is 0.145 e. The van der Waals surface area contributed by atoms with Gasteiger partial charge in [-0.2, -0.15) is 0 Å². The quantitative estimate of drug-likeness (QED) is 0.289. The van der Waals surface area contributed by atoms with Gasteiger partial charge < -0.3 is 10.6 Å². The van der Waals surface area contributed by atoms with E-state index in [4.69, 9.17) is 11.6 Å². The molecule has 3 aromatic rings. The minimum atomic E-state index is -0.465. The lowest BCUT2D eigenvalue weighted by atomic mass is 9.79. The predicted molar refractivity (Wildman–Crippen MR) is 186 cm³/mol. The van der Waals surface area contributed by atoms with Gasteiger partial charge in [-0.25, -0.2) is 8.78 Å². The lowest BCUT2D eigenvalue weighted by Crippen LogP contribution is -2.32. The molecular weight excluding hydrogens is 558 g/mol. The Morgan fingerprint density at radius 3 is 2.07 bits per heavy atom.